The van der Waals surface area contributed by atoms with Gasteiger partial charge >= 0.3 is 12.6 Å². The number of pyridine rings is 1. The van der Waals surface area contributed by atoms with Gasteiger partial charge in [0, 0.05) is 38.4 Å². The lowest BCUT2D eigenvalue weighted by atomic mass is 10.4. The third kappa shape index (κ3) is 4.43. The normalized spacial score (nSPS) is 14.1. The minimum absolute atomic E-state index is 0.203. The fourth-order valence-corrected chi connectivity index (χ4v) is 2.77. The molecule has 0 radical (unpaired) electrons. The van der Waals surface area contributed by atoms with Crippen molar-refractivity contribution in [2.24, 2.45) is 0 Å². The average molecular weight is 350 g/mol. The lowest BCUT2D eigenvalue weighted by molar-refractivity contribution is 0.0670. The van der Waals surface area contributed by atoms with Crippen molar-refractivity contribution in [2.45, 2.75) is 25.8 Å². The van der Waals surface area contributed by atoms with E-state index in [1.807, 2.05) is 6.07 Å². The fourth-order valence-electron chi connectivity index (χ4n) is 2.77. The minimum atomic E-state index is -2.63. The monoisotopic (exact) mass is 350 g/mol. The van der Waals surface area contributed by atoms with Gasteiger partial charge in [0.25, 0.3) is 0 Å². The first-order valence-electron chi connectivity index (χ1n) is 8.19. The second kappa shape index (κ2) is 7.91. The summed E-state index contributed by atoms with van der Waals surface area (Å²) >= 11 is 0. The van der Waals surface area contributed by atoms with Gasteiger partial charge in [-0.2, -0.15) is 8.78 Å². The second-order valence-electron chi connectivity index (χ2n) is 5.76. The maximum absolute atomic E-state index is 12.7. The summed E-state index contributed by atoms with van der Waals surface area (Å²) in [5.74, 6) is 1.13. The van der Waals surface area contributed by atoms with Crippen molar-refractivity contribution in [1.29, 1.82) is 0 Å². The molecule has 3 rings (SSSR count). The summed E-state index contributed by atoms with van der Waals surface area (Å²) < 4.78 is 26.2. The number of hydrogen-bond acceptors (Lipinski definition) is 4. The van der Waals surface area contributed by atoms with Gasteiger partial charge in [-0.05, 0) is 25.0 Å². The first kappa shape index (κ1) is 17.1. The number of nitrogens with one attached hydrogen (secondary N) is 2. The van der Waals surface area contributed by atoms with E-state index in [-0.39, 0.29) is 18.8 Å². The fraction of sp³-hybridized carbons (Fsp3) is 0.438. The molecule has 9 heteroatoms. The molecular weight excluding hydrogens is 330 g/mol. The van der Waals surface area contributed by atoms with Crippen LogP contribution in [-0.4, -0.2) is 40.2 Å². The number of carbonyl (C=O) groups excluding carboxylic acids is 1. The summed E-state index contributed by atoms with van der Waals surface area (Å²) in [6, 6.07) is 3.26. The number of amides is 2. The molecule has 7 nitrogen and oxygen atoms in total. The molecule has 1 fully saturated rings. The highest BCUT2D eigenvalue weighted by Gasteiger charge is 2.14. The van der Waals surface area contributed by atoms with Crippen molar-refractivity contribution in [2.75, 3.05) is 29.9 Å². The summed E-state index contributed by atoms with van der Waals surface area (Å²) in [5.41, 5.74) is 0.578. The van der Waals surface area contributed by atoms with Crippen LogP contribution in [0.2, 0.25) is 0 Å². The van der Waals surface area contributed by atoms with Crippen LogP contribution in [0.1, 0.15) is 25.2 Å². The highest BCUT2D eigenvalue weighted by molar-refractivity contribution is 5.89. The van der Waals surface area contributed by atoms with Gasteiger partial charge in [-0.25, -0.2) is 14.8 Å². The van der Waals surface area contributed by atoms with Crippen LogP contribution in [-0.2, 0) is 6.42 Å². The van der Waals surface area contributed by atoms with Crippen LogP contribution >= 0.6 is 0 Å². The number of halogens is 2. The van der Waals surface area contributed by atoms with Gasteiger partial charge in [0.1, 0.15) is 11.6 Å². The van der Waals surface area contributed by atoms with Crippen LogP contribution < -0.4 is 15.5 Å². The molecule has 2 aromatic heterocycles. The lowest BCUT2D eigenvalue weighted by Crippen LogP contribution is -2.31. The van der Waals surface area contributed by atoms with Crippen LogP contribution in [0, 0.1) is 0 Å². The largest absolute Gasteiger partial charge is 0.357 e. The Morgan fingerprint density at radius 1 is 1.24 bits per heavy atom. The maximum atomic E-state index is 12.7. The van der Waals surface area contributed by atoms with Crippen LogP contribution in [0.4, 0.5) is 25.1 Å². The molecule has 0 atom stereocenters. The molecule has 0 unspecified atom stereocenters. The Labute approximate surface area is 144 Å². The van der Waals surface area contributed by atoms with E-state index in [9.17, 15) is 13.6 Å². The Morgan fingerprint density at radius 3 is 2.72 bits per heavy atom. The zero-order valence-corrected chi connectivity index (χ0v) is 13.7. The van der Waals surface area contributed by atoms with E-state index in [2.05, 4.69) is 25.5 Å². The number of urea groups is 1. The van der Waals surface area contributed by atoms with Crippen molar-refractivity contribution in [3.8, 4) is 0 Å². The van der Waals surface area contributed by atoms with Crippen LogP contribution in [0.15, 0.2) is 30.7 Å². The molecule has 0 spiro atoms. The number of rotatable bonds is 6. The summed E-state index contributed by atoms with van der Waals surface area (Å²) in [5, 5.41) is 5.29. The average Bonchev–Trinajstić information content (AvgIpc) is 3.27. The standard InChI is InChI=1S/C16H20F2N6O/c17-15(18)24-10-7-19-14(24)5-6-20-16(25)22-12-3-4-13(21-11-12)23-8-1-2-9-23/h3-4,7,10-11,15H,1-2,5-6,8-9H2,(H2,20,22,25). The van der Waals surface area contributed by atoms with Gasteiger partial charge in [0.05, 0.1) is 11.9 Å². The van der Waals surface area contributed by atoms with Crippen LogP contribution in [0.3, 0.4) is 0 Å². The lowest BCUT2D eigenvalue weighted by Gasteiger charge is -2.16. The van der Waals surface area contributed by atoms with Gasteiger partial charge in [-0.1, -0.05) is 0 Å². The number of carbonyl (C=O) groups is 1. The predicted octanol–water partition coefficient (Wildman–Crippen LogP) is 2.64. The molecule has 1 aliphatic rings. The predicted molar refractivity (Wildman–Crippen MR) is 89.9 cm³/mol. The van der Waals surface area contributed by atoms with Crippen LogP contribution in [0.5, 0.6) is 0 Å². The molecule has 134 valence electrons. The quantitative estimate of drug-likeness (QED) is 0.840. The molecule has 0 aromatic carbocycles. The van der Waals surface area contributed by atoms with Crippen LogP contribution in [0.25, 0.3) is 0 Å². The molecule has 1 saturated heterocycles. The Bertz CT molecular complexity index is 697. The first-order chi connectivity index (χ1) is 12.1. The van der Waals surface area contributed by atoms with E-state index in [1.165, 1.54) is 25.2 Å². The summed E-state index contributed by atoms with van der Waals surface area (Å²) in [6.07, 6.45) is 6.71. The molecule has 25 heavy (non-hydrogen) atoms. The highest BCUT2D eigenvalue weighted by atomic mass is 19.3. The summed E-state index contributed by atoms with van der Waals surface area (Å²) in [6.45, 7) is -0.412. The molecule has 0 bridgehead atoms. The summed E-state index contributed by atoms with van der Waals surface area (Å²) in [4.78, 5) is 22.3. The first-order valence-corrected chi connectivity index (χ1v) is 8.19. The molecule has 3 heterocycles. The third-order valence-corrected chi connectivity index (χ3v) is 4.03. The second-order valence-corrected chi connectivity index (χ2v) is 5.76. The van der Waals surface area contributed by atoms with Gasteiger partial charge < -0.3 is 15.5 Å². The summed E-state index contributed by atoms with van der Waals surface area (Å²) in [7, 11) is 0. The van der Waals surface area contributed by atoms with Gasteiger partial charge in [-0.3, -0.25) is 4.57 Å². The number of hydrogen-bond donors (Lipinski definition) is 2. The number of nitrogens with zero attached hydrogens (tertiary/aromatic N) is 4. The molecule has 1 aliphatic heterocycles. The van der Waals surface area contributed by atoms with E-state index in [0.717, 1.165) is 23.5 Å². The molecule has 2 aromatic rings. The number of anilines is 2. The Kier molecular flexibility index (Phi) is 5.42. The van der Waals surface area contributed by atoms with E-state index in [0.29, 0.717) is 5.69 Å². The number of aromatic nitrogens is 3. The van der Waals surface area contributed by atoms with E-state index in [1.54, 1.807) is 12.3 Å². The third-order valence-electron chi connectivity index (χ3n) is 4.03. The van der Waals surface area contributed by atoms with Gasteiger partial charge in [0.15, 0.2) is 0 Å². The Hall–Kier alpha value is -2.71. The SMILES string of the molecule is O=C(NCCc1nccn1C(F)F)Nc1ccc(N2CCCC2)nc1. The van der Waals surface area contributed by atoms with Gasteiger partial charge in [-0.15, -0.1) is 0 Å². The highest BCUT2D eigenvalue weighted by Crippen LogP contribution is 2.19. The Balaban J connectivity index is 1.45. The van der Waals surface area contributed by atoms with E-state index in [4.69, 9.17) is 0 Å². The van der Waals surface area contributed by atoms with Crippen molar-refractivity contribution in [3.05, 3.63) is 36.5 Å². The molecule has 0 saturated carbocycles. The zero-order valence-electron chi connectivity index (χ0n) is 13.7. The maximum Gasteiger partial charge on any atom is 0.319 e. The Morgan fingerprint density at radius 2 is 2.04 bits per heavy atom. The van der Waals surface area contributed by atoms with Crippen molar-refractivity contribution < 1.29 is 13.6 Å². The minimum Gasteiger partial charge on any atom is -0.357 e. The molecule has 2 amide bonds. The van der Waals surface area contributed by atoms with Crippen molar-refractivity contribution >= 4 is 17.5 Å². The smallest absolute Gasteiger partial charge is 0.319 e. The van der Waals surface area contributed by atoms with Gasteiger partial charge in [0.2, 0.25) is 0 Å². The number of imidazole rings is 1. The van der Waals surface area contributed by atoms with Crippen molar-refractivity contribution in [1.82, 2.24) is 19.9 Å². The number of alkyl halides is 2. The molecular formula is C16H20F2N6O. The molecule has 2 N–H and O–H groups in total. The topological polar surface area (TPSA) is 75.1 Å². The molecule has 0 aliphatic carbocycles. The van der Waals surface area contributed by atoms with Crippen molar-refractivity contribution in [3.63, 3.8) is 0 Å². The van der Waals surface area contributed by atoms with E-state index < -0.39 is 12.6 Å². The zero-order chi connectivity index (χ0) is 17.6. The van der Waals surface area contributed by atoms with E-state index >= 15 is 0 Å².